The molecule has 6 heterocycles. The van der Waals surface area contributed by atoms with Gasteiger partial charge in [0.1, 0.15) is 17.2 Å². The lowest BCUT2D eigenvalue weighted by Crippen LogP contribution is -2.48. The van der Waals surface area contributed by atoms with Crippen LogP contribution in [0.1, 0.15) is 106 Å². The van der Waals surface area contributed by atoms with Gasteiger partial charge in [-0.05, 0) is 240 Å². The van der Waals surface area contributed by atoms with Crippen LogP contribution in [0.25, 0.3) is 17.1 Å². The van der Waals surface area contributed by atoms with Gasteiger partial charge in [-0.2, -0.15) is 0 Å². The molecule has 0 aliphatic carbocycles. The van der Waals surface area contributed by atoms with E-state index >= 15 is 0 Å². The number of nitrogens with two attached hydrogens (primary N) is 5. The molecule has 91 heavy (non-hydrogen) atoms. The number of hydrazine groups is 3. The number of allylic oxidation sites excluding steroid dienone is 3. The summed E-state index contributed by atoms with van der Waals surface area (Å²) >= 11 is 7.00. The lowest BCUT2D eigenvalue weighted by molar-refractivity contribution is 0.140. The first-order chi connectivity index (χ1) is 43.4. The van der Waals surface area contributed by atoms with Crippen molar-refractivity contribution in [3.05, 3.63) is 174 Å². The average Bonchev–Trinajstić information content (AvgIpc) is 1.19. The number of aromatic nitrogens is 3. The molecular weight excluding hydrogens is 1270 g/mol. The highest BCUT2D eigenvalue weighted by molar-refractivity contribution is 9.11. The number of aryl methyl sites for hydroxylation is 4. The first-order valence-corrected chi connectivity index (χ1v) is 33.2. The molecule has 0 unspecified atom stereocenters. The Morgan fingerprint density at radius 2 is 0.857 bits per heavy atom. The molecule has 9 rings (SSSR count). The van der Waals surface area contributed by atoms with E-state index in [-0.39, 0.29) is 12.1 Å². The third kappa shape index (κ3) is 22.0. The van der Waals surface area contributed by atoms with Crippen molar-refractivity contribution in [2.24, 2.45) is 29.0 Å². The highest BCUT2D eigenvalue weighted by Crippen LogP contribution is 2.34. The number of nitrogens with zero attached hydrogens (tertiary/aromatic N) is 10. The highest BCUT2D eigenvalue weighted by Gasteiger charge is 2.29. The Kier molecular flexibility index (Phi) is 27.5. The fourth-order valence-corrected chi connectivity index (χ4v) is 12.3. The molecule has 0 spiro atoms. The molecule has 0 saturated carbocycles. The minimum Gasteiger partial charge on any atom is -0.439 e. The van der Waals surface area contributed by atoms with Crippen molar-refractivity contribution < 1.29 is 14.2 Å². The lowest BCUT2D eigenvalue weighted by atomic mass is 10.0. The van der Waals surface area contributed by atoms with E-state index in [1.807, 2.05) is 121 Å². The lowest BCUT2D eigenvalue weighted by Gasteiger charge is -2.38. The zero-order valence-corrected chi connectivity index (χ0v) is 58.9. The molecule has 19 nitrogen and oxygen atoms in total. The minimum absolute atomic E-state index is 0.213. The zero-order valence-electron chi connectivity index (χ0n) is 55.8. The van der Waals surface area contributed by atoms with Crippen LogP contribution in [0, 0.1) is 27.7 Å². The summed E-state index contributed by atoms with van der Waals surface area (Å²) < 4.78 is 19.9. The Labute approximate surface area is 558 Å². The van der Waals surface area contributed by atoms with Gasteiger partial charge in [-0.15, -0.1) is 0 Å². The Bertz CT molecular complexity index is 3360. The topological polar surface area (TPSA) is 231 Å². The van der Waals surface area contributed by atoms with Gasteiger partial charge in [-0.1, -0.05) is 46.3 Å². The minimum atomic E-state index is 0.213. The van der Waals surface area contributed by atoms with Crippen molar-refractivity contribution in [2.75, 3.05) is 93.6 Å². The van der Waals surface area contributed by atoms with Crippen LogP contribution < -0.4 is 48.5 Å². The monoisotopic (exact) mass is 1370 g/mol. The second-order valence-corrected chi connectivity index (χ2v) is 26.7. The van der Waals surface area contributed by atoms with Crippen LogP contribution in [0.5, 0.6) is 34.9 Å². The van der Waals surface area contributed by atoms with Crippen molar-refractivity contribution in [3.8, 4) is 34.9 Å². The van der Waals surface area contributed by atoms with Crippen molar-refractivity contribution in [2.45, 2.75) is 112 Å². The average molecular weight is 1370 g/mol. The molecule has 0 bridgehead atoms. The number of likely N-dealkylation sites (N-methyl/N-ethyl adjacent to an activating group) is 2. The predicted octanol–water partition coefficient (Wildman–Crippen LogP) is 11.8. The van der Waals surface area contributed by atoms with Crippen LogP contribution in [0.3, 0.4) is 0 Å². The third-order valence-corrected chi connectivity index (χ3v) is 17.3. The van der Waals surface area contributed by atoms with E-state index in [0.717, 1.165) is 170 Å². The van der Waals surface area contributed by atoms with Gasteiger partial charge in [0.2, 0.25) is 17.6 Å². The summed E-state index contributed by atoms with van der Waals surface area (Å²) in [7, 11) is 8.44. The van der Waals surface area contributed by atoms with E-state index in [1.165, 1.54) is 11.1 Å². The Morgan fingerprint density at radius 1 is 0.495 bits per heavy atom. The van der Waals surface area contributed by atoms with Crippen LogP contribution in [-0.2, 0) is 0 Å². The Morgan fingerprint density at radius 3 is 1.23 bits per heavy atom. The molecule has 492 valence electrons. The van der Waals surface area contributed by atoms with Gasteiger partial charge in [-0.3, -0.25) is 0 Å². The quantitative estimate of drug-likeness (QED) is 0.0291. The number of likely N-dealkylation sites (tertiary alicyclic amines) is 2. The molecule has 6 aromatic rings. The van der Waals surface area contributed by atoms with Crippen molar-refractivity contribution in [3.63, 3.8) is 0 Å². The van der Waals surface area contributed by atoms with Crippen LogP contribution >= 0.6 is 31.9 Å². The van der Waals surface area contributed by atoms with E-state index < -0.39 is 0 Å². The fraction of sp³-hybridized carbons (Fsp3) is 0.443. The van der Waals surface area contributed by atoms with E-state index in [4.69, 9.17) is 58.2 Å². The summed E-state index contributed by atoms with van der Waals surface area (Å²) in [5.41, 5.74) is 24.4. The molecule has 3 saturated heterocycles. The molecule has 3 aromatic heterocycles. The van der Waals surface area contributed by atoms with Crippen molar-refractivity contribution in [1.29, 1.82) is 0 Å². The number of ether oxygens (including phenoxy) is 3. The number of nitrogens with one attached hydrogen (secondary N) is 1. The van der Waals surface area contributed by atoms with Crippen LogP contribution in [0.4, 0.5) is 0 Å². The summed E-state index contributed by atoms with van der Waals surface area (Å²) in [4.78, 5) is 23.6. The second-order valence-electron chi connectivity index (χ2n) is 25.0. The number of hydrogen-bond acceptors (Lipinski definition) is 19. The maximum atomic E-state index is 6.62. The van der Waals surface area contributed by atoms with Crippen LogP contribution in [0.2, 0.25) is 0 Å². The maximum Gasteiger partial charge on any atom is 0.219 e. The Hall–Kier alpha value is -6.63. The van der Waals surface area contributed by atoms with Gasteiger partial charge in [-0.25, -0.2) is 32.5 Å². The maximum absolute atomic E-state index is 6.62. The highest BCUT2D eigenvalue weighted by atomic mass is 79.9. The summed E-state index contributed by atoms with van der Waals surface area (Å²) in [5, 5.41) is 8.92. The van der Waals surface area contributed by atoms with E-state index in [0.29, 0.717) is 46.5 Å². The third-order valence-electron chi connectivity index (χ3n) is 16.2. The molecule has 3 aromatic carbocycles. The van der Waals surface area contributed by atoms with Crippen LogP contribution in [0.15, 0.2) is 135 Å². The molecular formula is C70H100Br2N16O3. The van der Waals surface area contributed by atoms with E-state index in [9.17, 15) is 0 Å². The summed E-state index contributed by atoms with van der Waals surface area (Å²) in [6, 6.07) is 36.0. The zero-order chi connectivity index (χ0) is 65.9. The largest absolute Gasteiger partial charge is 0.439 e. The molecule has 0 amide bonds. The second kappa shape index (κ2) is 34.9. The smallest absolute Gasteiger partial charge is 0.219 e. The molecule has 21 heteroatoms. The number of halogens is 2. The van der Waals surface area contributed by atoms with Gasteiger partial charge >= 0.3 is 0 Å². The van der Waals surface area contributed by atoms with Crippen molar-refractivity contribution >= 4 is 49.0 Å². The SMILES string of the molecule is C/C(N)=C(\c1cccc(Oc2cc(Br)ccc2Br)n1)N(N)C1CCN(CCN(C)C)CC1.C/C(N)=C(\c1cccc(Oc2cc(C)cc(C)c2)n1)N(N)C1CCN(CCN(C)C)CC1.CC(C)=C(c1cccc(Oc2cc(C)cc(C)c2)n1)N(N)C1CCNCC1. The summed E-state index contributed by atoms with van der Waals surface area (Å²) in [6.45, 7) is 26.6. The van der Waals surface area contributed by atoms with E-state index in [2.05, 4.69) is 139 Å². The molecule has 11 N–H and O–H groups in total. The molecule has 3 aliphatic rings. The summed E-state index contributed by atoms with van der Waals surface area (Å²) in [6.07, 6.45) is 6.04. The standard InChI is InChI=1S/C25H38N6O.C23H32Br2N6O.C22H30N4O/c1-18-15-19(2)17-22(16-18)32-24-8-6-7-23(28-24)25(20(3)26)31(27)21-9-11-30(12-10-21)14-13-29(4)5;1-16(26)23(31(27)18-9-11-30(12-10-18)14-13-29(2)3)20-5-4-6-22(28-20)32-21-15-17(24)7-8-19(21)25;1-15(2)22(26(23)18-8-10-24-11-9-18)20-6-5-7-21(25-20)27-19-13-16(3)12-17(4)14-19/h6-8,15-17,21H,9-14,26-27H2,1-5H3;4-8,15,18H,9-14,26-27H2,1-3H3;5-7,12-14,18,24H,8-11,23H2,1-4H3/b25-20-;23-16-;. The van der Waals surface area contributed by atoms with E-state index in [1.54, 1.807) is 5.01 Å². The van der Waals surface area contributed by atoms with Crippen molar-refractivity contribution in [1.82, 2.24) is 54.9 Å². The number of rotatable bonds is 21. The van der Waals surface area contributed by atoms with Gasteiger partial charge in [0, 0.05) is 105 Å². The van der Waals surface area contributed by atoms with Crippen LogP contribution in [-0.4, -0.2) is 161 Å². The molecule has 3 fully saturated rings. The number of pyridine rings is 3. The first-order valence-electron chi connectivity index (χ1n) is 31.7. The normalized spacial score (nSPS) is 15.8. The molecule has 0 radical (unpaired) electrons. The number of piperidine rings is 3. The molecule has 3 aliphatic heterocycles. The summed E-state index contributed by atoms with van der Waals surface area (Å²) in [5.74, 6) is 23.6. The Balaban J connectivity index is 0.000000195. The van der Waals surface area contributed by atoms with Gasteiger partial charge < -0.3 is 65.6 Å². The first kappa shape index (κ1) is 71.8. The fourth-order valence-electron chi connectivity index (χ4n) is 11.6. The number of hydrogen-bond donors (Lipinski definition) is 6. The van der Waals surface area contributed by atoms with Gasteiger partial charge in [0.25, 0.3) is 0 Å². The number of benzene rings is 3. The van der Waals surface area contributed by atoms with Gasteiger partial charge in [0.05, 0.1) is 38.6 Å². The van der Waals surface area contributed by atoms with Gasteiger partial charge in [0.15, 0.2) is 0 Å². The predicted molar refractivity (Wildman–Crippen MR) is 378 cm³/mol. The molecule has 0 atom stereocenters.